The number of aromatic nitrogens is 2. The van der Waals surface area contributed by atoms with Crippen LogP contribution >= 0.6 is 0 Å². The lowest BCUT2D eigenvalue weighted by Gasteiger charge is -1.93. The number of nitrogens with one attached hydrogen (secondary N) is 1. The van der Waals surface area contributed by atoms with Gasteiger partial charge in [-0.25, -0.2) is 9.97 Å². The van der Waals surface area contributed by atoms with Crippen LogP contribution < -0.4 is 5.32 Å². The van der Waals surface area contributed by atoms with Crippen LogP contribution in [0.25, 0.3) is 0 Å². The second-order valence-electron chi connectivity index (χ2n) is 2.52. The van der Waals surface area contributed by atoms with Gasteiger partial charge in [-0.2, -0.15) is 0 Å². The van der Waals surface area contributed by atoms with Gasteiger partial charge in [0.25, 0.3) is 0 Å². The number of nitrogens with zero attached hydrogens (tertiary/aromatic N) is 4. The van der Waals surface area contributed by atoms with Crippen LogP contribution in [-0.4, -0.2) is 35.7 Å². The van der Waals surface area contributed by atoms with Crippen LogP contribution in [0.3, 0.4) is 0 Å². The van der Waals surface area contributed by atoms with Gasteiger partial charge in [0.05, 0.1) is 0 Å². The molecule has 1 aromatic rings. The molecule has 0 saturated heterocycles. The number of aliphatic imine (C=N–C) groups is 2. The molecule has 2 heterocycles. The van der Waals surface area contributed by atoms with Crippen molar-refractivity contribution in [2.24, 2.45) is 9.98 Å². The third-order valence-corrected chi connectivity index (χ3v) is 1.83. The van der Waals surface area contributed by atoms with Crippen molar-refractivity contribution in [2.45, 2.75) is 0 Å². The highest BCUT2D eigenvalue weighted by atomic mass is 15.1. The molecule has 0 spiro atoms. The second-order valence-corrected chi connectivity index (χ2v) is 2.52. The minimum atomic E-state index is 0.726. The van der Waals surface area contributed by atoms with Crippen LogP contribution in [0.2, 0.25) is 0 Å². The van der Waals surface area contributed by atoms with E-state index in [1.54, 1.807) is 26.5 Å². The highest BCUT2D eigenvalue weighted by Gasteiger charge is 2.24. The highest BCUT2D eigenvalue weighted by Crippen LogP contribution is 2.09. The van der Waals surface area contributed by atoms with Crippen molar-refractivity contribution in [1.82, 2.24) is 15.3 Å². The number of fused-ring (bicyclic) bond motifs is 1. The topological polar surface area (TPSA) is 62.5 Å². The summed E-state index contributed by atoms with van der Waals surface area (Å²) in [5, 5.41) is 3.03. The molecule has 66 valence electrons. The monoisotopic (exact) mass is 175 g/mol. The lowest BCUT2D eigenvalue weighted by molar-refractivity contribution is 1.16. The molecule has 5 nitrogen and oxygen atoms in total. The molecule has 0 amide bonds. The van der Waals surface area contributed by atoms with Gasteiger partial charge in [-0.3, -0.25) is 9.98 Å². The fraction of sp³-hybridized carbons (Fsp3) is 0.250. The fourth-order valence-corrected chi connectivity index (χ4v) is 1.24. The Kier molecular flexibility index (Phi) is 1.77. The molecule has 1 aliphatic rings. The van der Waals surface area contributed by atoms with E-state index in [-0.39, 0.29) is 0 Å². The number of hydrogen-bond donors (Lipinski definition) is 1. The van der Waals surface area contributed by atoms with E-state index >= 15 is 0 Å². The molecule has 0 bridgehead atoms. The Balaban J connectivity index is 2.63. The zero-order chi connectivity index (χ0) is 9.26. The molecule has 13 heavy (non-hydrogen) atoms. The second kappa shape index (κ2) is 2.93. The maximum atomic E-state index is 4.17. The first-order valence-electron chi connectivity index (χ1n) is 3.89. The van der Waals surface area contributed by atoms with Crippen LogP contribution in [0.15, 0.2) is 22.4 Å². The summed E-state index contributed by atoms with van der Waals surface area (Å²) in [7, 11) is 3.42. The van der Waals surface area contributed by atoms with Gasteiger partial charge in [-0.15, -0.1) is 0 Å². The van der Waals surface area contributed by atoms with Gasteiger partial charge in [-0.05, 0) is 0 Å². The molecule has 2 rings (SSSR count). The van der Waals surface area contributed by atoms with Crippen LogP contribution in [0, 0.1) is 0 Å². The first kappa shape index (κ1) is 7.85. The van der Waals surface area contributed by atoms with Crippen molar-refractivity contribution in [2.75, 3.05) is 14.1 Å². The van der Waals surface area contributed by atoms with Gasteiger partial charge in [0, 0.05) is 26.5 Å². The van der Waals surface area contributed by atoms with Crippen molar-refractivity contribution in [3.8, 4) is 0 Å². The molecule has 1 aromatic heterocycles. The Bertz CT molecular complexity index is 356. The summed E-state index contributed by atoms with van der Waals surface area (Å²) < 4.78 is 0. The van der Waals surface area contributed by atoms with Gasteiger partial charge in [-0.1, -0.05) is 0 Å². The minimum Gasteiger partial charge on any atom is -0.322 e. The van der Waals surface area contributed by atoms with Crippen molar-refractivity contribution < 1.29 is 0 Å². The van der Waals surface area contributed by atoms with E-state index in [4.69, 9.17) is 0 Å². The van der Waals surface area contributed by atoms with Crippen molar-refractivity contribution >= 4 is 11.7 Å². The van der Waals surface area contributed by atoms with Gasteiger partial charge in [0.15, 0.2) is 11.7 Å². The summed E-state index contributed by atoms with van der Waals surface area (Å²) >= 11 is 0. The van der Waals surface area contributed by atoms with Crippen LogP contribution in [0.5, 0.6) is 0 Å². The molecule has 0 fully saturated rings. The lowest BCUT2D eigenvalue weighted by Crippen LogP contribution is -2.22. The normalized spacial score (nSPS) is 20.5. The molecule has 1 N–H and O–H groups in total. The SMILES string of the molecule is CN=C1NC(=NC)c2nccnc21. The summed E-state index contributed by atoms with van der Waals surface area (Å²) in [6.07, 6.45) is 3.29. The Labute approximate surface area is 75.7 Å². The minimum absolute atomic E-state index is 0.726. The standard InChI is InChI=1S/C8H9N5/c1-9-7-5-6(8(10-2)13-7)12-4-3-11-5/h3-4H,1-2H3,(H,9,10,13). The molecule has 0 atom stereocenters. The highest BCUT2D eigenvalue weighted by molar-refractivity contribution is 6.23. The molecule has 0 saturated carbocycles. The largest absolute Gasteiger partial charge is 0.322 e. The summed E-state index contributed by atoms with van der Waals surface area (Å²) in [5.74, 6) is 1.45. The Morgan fingerprint density at radius 1 is 1.00 bits per heavy atom. The number of hydrogen-bond acceptors (Lipinski definition) is 4. The smallest absolute Gasteiger partial charge is 0.155 e. The van der Waals surface area contributed by atoms with Crippen LogP contribution in [-0.2, 0) is 0 Å². The van der Waals surface area contributed by atoms with Gasteiger partial charge in [0.2, 0.25) is 0 Å². The molecule has 0 aliphatic carbocycles. The summed E-state index contributed by atoms with van der Waals surface area (Å²) in [6, 6.07) is 0. The number of amidine groups is 2. The van der Waals surface area contributed by atoms with E-state index in [9.17, 15) is 0 Å². The first-order valence-corrected chi connectivity index (χ1v) is 3.89. The Hall–Kier alpha value is -1.78. The Morgan fingerprint density at radius 2 is 1.46 bits per heavy atom. The molecule has 1 aliphatic heterocycles. The van der Waals surface area contributed by atoms with Gasteiger partial charge in [0.1, 0.15) is 11.4 Å². The van der Waals surface area contributed by atoms with Crippen LogP contribution in [0.1, 0.15) is 11.4 Å². The maximum Gasteiger partial charge on any atom is 0.155 e. The molecule has 5 heteroatoms. The van der Waals surface area contributed by atoms with E-state index in [0.29, 0.717) is 0 Å². The van der Waals surface area contributed by atoms with Crippen molar-refractivity contribution in [3.05, 3.63) is 23.8 Å². The van der Waals surface area contributed by atoms with E-state index in [2.05, 4.69) is 25.3 Å². The molecule has 0 aromatic carbocycles. The third kappa shape index (κ3) is 1.09. The summed E-state index contributed by atoms with van der Waals surface area (Å²) in [6.45, 7) is 0. The zero-order valence-corrected chi connectivity index (χ0v) is 7.44. The predicted molar refractivity (Wildman–Crippen MR) is 50.1 cm³/mol. The molecular weight excluding hydrogens is 166 g/mol. The zero-order valence-electron chi connectivity index (χ0n) is 7.44. The number of rotatable bonds is 0. The first-order chi connectivity index (χ1) is 6.36. The van der Waals surface area contributed by atoms with E-state index < -0.39 is 0 Å². The van der Waals surface area contributed by atoms with Crippen molar-refractivity contribution in [3.63, 3.8) is 0 Å². The van der Waals surface area contributed by atoms with Crippen molar-refractivity contribution in [1.29, 1.82) is 0 Å². The summed E-state index contributed by atoms with van der Waals surface area (Å²) in [5.41, 5.74) is 1.54. The molecule has 0 radical (unpaired) electrons. The fourth-order valence-electron chi connectivity index (χ4n) is 1.24. The molecular formula is C8H9N5. The van der Waals surface area contributed by atoms with Gasteiger partial charge < -0.3 is 5.32 Å². The average molecular weight is 175 g/mol. The maximum absolute atomic E-state index is 4.17. The molecule has 0 unspecified atom stereocenters. The predicted octanol–water partition coefficient (Wildman–Crippen LogP) is -0.167. The van der Waals surface area contributed by atoms with E-state index in [1.165, 1.54) is 0 Å². The Morgan fingerprint density at radius 3 is 1.85 bits per heavy atom. The average Bonchev–Trinajstić information content (AvgIpc) is 2.56. The quantitative estimate of drug-likeness (QED) is 0.595. The van der Waals surface area contributed by atoms with E-state index in [0.717, 1.165) is 23.1 Å². The summed E-state index contributed by atoms with van der Waals surface area (Å²) in [4.78, 5) is 16.4. The van der Waals surface area contributed by atoms with Gasteiger partial charge >= 0.3 is 0 Å². The van der Waals surface area contributed by atoms with E-state index in [1.807, 2.05) is 0 Å². The van der Waals surface area contributed by atoms with Crippen LogP contribution in [0.4, 0.5) is 0 Å². The lowest BCUT2D eigenvalue weighted by atomic mass is 10.3. The third-order valence-electron chi connectivity index (χ3n) is 1.83.